The predicted octanol–water partition coefficient (Wildman–Crippen LogP) is 4.22. The Balaban J connectivity index is 1.92. The van der Waals surface area contributed by atoms with E-state index >= 15 is 0 Å². The molecular weight excluding hydrogens is 486 g/mol. The summed E-state index contributed by atoms with van der Waals surface area (Å²) in [5.41, 5.74) is 0.193. The Hall–Kier alpha value is -3.53. The SMILES string of the molecule is COCC(C)(C)c1c(F)cc(NC(=O)[C@H]2c3ccc(OC)cc3CCN2C(=O)CCCC(=O)O)cc1F. The molecule has 2 N–H and O–H groups in total. The van der Waals surface area contributed by atoms with Gasteiger partial charge in [-0.25, -0.2) is 8.78 Å². The summed E-state index contributed by atoms with van der Waals surface area (Å²) in [4.78, 5) is 38.7. The lowest BCUT2D eigenvalue weighted by molar-refractivity contribution is -0.140. The number of aliphatic carboxylic acids is 1. The van der Waals surface area contributed by atoms with Crippen molar-refractivity contribution in [3.05, 3.63) is 58.7 Å². The molecule has 2 aromatic rings. The van der Waals surface area contributed by atoms with Crippen LogP contribution in [-0.4, -0.2) is 55.2 Å². The smallest absolute Gasteiger partial charge is 0.303 e. The van der Waals surface area contributed by atoms with Crippen molar-refractivity contribution in [3.63, 3.8) is 0 Å². The van der Waals surface area contributed by atoms with Gasteiger partial charge in [-0.1, -0.05) is 19.9 Å². The quantitative estimate of drug-likeness (QED) is 0.488. The summed E-state index contributed by atoms with van der Waals surface area (Å²) < 4.78 is 40.3. The lowest BCUT2D eigenvalue weighted by atomic mass is 9.84. The fourth-order valence-electron chi connectivity index (χ4n) is 4.75. The van der Waals surface area contributed by atoms with Gasteiger partial charge in [-0.2, -0.15) is 0 Å². The van der Waals surface area contributed by atoms with Gasteiger partial charge in [-0.15, -0.1) is 0 Å². The number of methoxy groups -OCH3 is 2. The molecule has 1 heterocycles. The fourth-order valence-corrected chi connectivity index (χ4v) is 4.75. The normalized spacial score (nSPS) is 15.2. The van der Waals surface area contributed by atoms with Crippen LogP contribution in [0.3, 0.4) is 0 Å². The third kappa shape index (κ3) is 6.43. The van der Waals surface area contributed by atoms with Crippen LogP contribution in [0.5, 0.6) is 5.75 Å². The van der Waals surface area contributed by atoms with E-state index < -0.39 is 35.0 Å². The molecule has 1 aliphatic rings. The first-order valence-electron chi connectivity index (χ1n) is 12.0. The number of hydrogen-bond donors (Lipinski definition) is 2. The standard InChI is InChI=1S/C27H32F2N2O6/c1-27(2,15-36-3)24-20(28)13-17(14-21(24)29)30-26(35)25-19-9-8-18(37-4)12-16(19)10-11-31(25)22(32)6-5-7-23(33)34/h8-9,12-14,25H,5-7,10-11,15H2,1-4H3,(H,30,35)(H,33,34)/t25-/m1/s1. The number of ether oxygens (including phenoxy) is 2. The third-order valence-corrected chi connectivity index (χ3v) is 6.42. The first-order chi connectivity index (χ1) is 17.5. The summed E-state index contributed by atoms with van der Waals surface area (Å²) in [5, 5.41) is 11.5. The van der Waals surface area contributed by atoms with Gasteiger partial charge in [-0.05, 0) is 48.2 Å². The molecule has 10 heteroatoms. The van der Waals surface area contributed by atoms with E-state index in [4.69, 9.17) is 14.6 Å². The number of carbonyl (C=O) groups is 3. The van der Waals surface area contributed by atoms with E-state index in [0.29, 0.717) is 17.7 Å². The highest BCUT2D eigenvalue weighted by molar-refractivity contribution is 5.98. The van der Waals surface area contributed by atoms with Crippen molar-refractivity contribution in [2.24, 2.45) is 0 Å². The van der Waals surface area contributed by atoms with Crippen LogP contribution in [0.25, 0.3) is 0 Å². The average Bonchev–Trinajstić information content (AvgIpc) is 2.81. The molecule has 0 fully saturated rings. The lowest BCUT2D eigenvalue weighted by Gasteiger charge is -2.36. The van der Waals surface area contributed by atoms with E-state index in [1.54, 1.807) is 32.0 Å². The topological polar surface area (TPSA) is 105 Å². The number of carboxylic acids is 1. The summed E-state index contributed by atoms with van der Waals surface area (Å²) in [6, 6.07) is 6.17. The van der Waals surface area contributed by atoms with Gasteiger partial charge in [0.2, 0.25) is 5.91 Å². The van der Waals surface area contributed by atoms with Gasteiger partial charge < -0.3 is 24.8 Å². The molecule has 0 radical (unpaired) electrons. The maximum absolute atomic E-state index is 15.0. The van der Waals surface area contributed by atoms with Gasteiger partial charge in [0.1, 0.15) is 23.4 Å². The zero-order valence-electron chi connectivity index (χ0n) is 21.4. The molecular formula is C27H32F2N2O6. The Morgan fingerprint density at radius 2 is 1.78 bits per heavy atom. The number of carboxylic acid groups (broad SMARTS) is 1. The van der Waals surface area contributed by atoms with Crippen molar-refractivity contribution in [2.75, 3.05) is 32.7 Å². The highest BCUT2D eigenvalue weighted by Crippen LogP contribution is 2.35. The van der Waals surface area contributed by atoms with Crippen molar-refractivity contribution < 1.29 is 37.7 Å². The van der Waals surface area contributed by atoms with Crippen LogP contribution in [0.4, 0.5) is 14.5 Å². The molecule has 200 valence electrons. The molecule has 2 amide bonds. The minimum atomic E-state index is -1.07. The Kier molecular flexibility index (Phi) is 8.85. The number of benzene rings is 2. The van der Waals surface area contributed by atoms with Gasteiger partial charge in [0.05, 0.1) is 13.7 Å². The van der Waals surface area contributed by atoms with Gasteiger partial charge in [0, 0.05) is 43.2 Å². The predicted molar refractivity (Wildman–Crippen MR) is 133 cm³/mol. The van der Waals surface area contributed by atoms with E-state index in [1.165, 1.54) is 19.1 Å². The minimum absolute atomic E-state index is 0.0475. The van der Waals surface area contributed by atoms with E-state index in [2.05, 4.69) is 5.32 Å². The molecule has 1 atom stereocenters. The molecule has 0 aliphatic carbocycles. The number of nitrogens with zero attached hydrogens (tertiary/aromatic N) is 1. The highest BCUT2D eigenvalue weighted by atomic mass is 19.1. The number of hydrogen-bond acceptors (Lipinski definition) is 5. The molecule has 1 aliphatic heterocycles. The molecule has 0 aromatic heterocycles. The first-order valence-corrected chi connectivity index (χ1v) is 12.0. The summed E-state index contributed by atoms with van der Waals surface area (Å²) >= 11 is 0. The third-order valence-electron chi connectivity index (χ3n) is 6.42. The van der Waals surface area contributed by atoms with Gasteiger partial charge in [0.15, 0.2) is 0 Å². The Bertz CT molecular complexity index is 1160. The Morgan fingerprint density at radius 3 is 2.38 bits per heavy atom. The number of amides is 2. The van der Waals surface area contributed by atoms with E-state index in [1.807, 2.05) is 0 Å². The molecule has 0 bridgehead atoms. The van der Waals surface area contributed by atoms with Crippen LogP contribution in [0.1, 0.15) is 55.8 Å². The zero-order valence-corrected chi connectivity index (χ0v) is 21.4. The second-order valence-electron chi connectivity index (χ2n) is 9.67. The Morgan fingerprint density at radius 1 is 1.11 bits per heavy atom. The number of halogens is 2. The van der Waals surface area contributed by atoms with Crippen molar-refractivity contribution in [1.82, 2.24) is 4.90 Å². The molecule has 8 nitrogen and oxygen atoms in total. The lowest BCUT2D eigenvalue weighted by Crippen LogP contribution is -2.45. The van der Waals surface area contributed by atoms with Gasteiger partial charge in [-0.3, -0.25) is 14.4 Å². The molecule has 3 rings (SSSR count). The summed E-state index contributed by atoms with van der Waals surface area (Å²) in [5.74, 6) is -3.09. The zero-order chi connectivity index (χ0) is 27.3. The van der Waals surface area contributed by atoms with Crippen molar-refractivity contribution >= 4 is 23.5 Å². The molecule has 37 heavy (non-hydrogen) atoms. The molecule has 0 unspecified atom stereocenters. The van der Waals surface area contributed by atoms with E-state index in [9.17, 15) is 23.2 Å². The monoisotopic (exact) mass is 518 g/mol. The van der Waals surface area contributed by atoms with Crippen LogP contribution in [0.2, 0.25) is 0 Å². The van der Waals surface area contributed by atoms with E-state index in [0.717, 1.165) is 17.7 Å². The van der Waals surface area contributed by atoms with Gasteiger partial charge in [0.25, 0.3) is 5.91 Å². The summed E-state index contributed by atoms with van der Waals surface area (Å²) in [7, 11) is 2.96. The number of rotatable bonds is 10. The van der Waals surface area contributed by atoms with Crippen LogP contribution >= 0.6 is 0 Å². The number of nitrogens with one attached hydrogen (secondary N) is 1. The van der Waals surface area contributed by atoms with Crippen LogP contribution in [0, 0.1) is 11.6 Å². The maximum atomic E-state index is 15.0. The average molecular weight is 519 g/mol. The van der Waals surface area contributed by atoms with Crippen molar-refractivity contribution in [2.45, 2.75) is 51.0 Å². The van der Waals surface area contributed by atoms with E-state index in [-0.39, 0.29) is 49.6 Å². The largest absolute Gasteiger partial charge is 0.497 e. The summed E-state index contributed by atoms with van der Waals surface area (Å²) in [6.45, 7) is 3.61. The minimum Gasteiger partial charge on any atom is -0.497 e. The second-order valence-corrected chi connectivity index (χ2v) is 9.67. The molecule has 0 spiro atoms. The van der Waals surface area contributed by atoms with Crippen LogP contribution < -0.4 is 10.1 Å². The van der Waals surface area contributed by atoms with Crippen molar-refractivity contribution in [1.29, 1.82) is 0 Å². The van der Waals surface area contributed by atoms with Crippen LogP contribution in [-0.2, 0) is 31.0 Å². The van der Waals surface area contributed by atoms with Crippen molar-refractivity contribution in [3.8, 4) is 5.75 Å². The van der Waals surface area contributed by atoms with Gasteiger partial charge >= 0.3 is 5.97 Å². The Labute approximate surface area is 214 Å². The van der Waals surface area contributed by atoms with Crippen LogP contribution in [0.15, 0.2) is 30.3 Å². The molecule has 2 aromatic carbocycles. The highest BCUT2D eigenvalue weighted by Gasteiger charge is 2.36. The number of anilines is 1. The number of fused-ring (bicyclic) bond motifs is 1. The fraction of sp³-hybridized carbons (Fsp3) is 0.444. The number of carbonyl (C=O) groups excluding carboxylic acids is 2. The first kappa shape index (κ1) is 28.0. The summed E-state index contributed by atoms with van der Waals surface area (Å²) in [6.07, 6.45) is 0.375. The molecule has 0 saturated heterocycles. The maximum Gasteiger partial charge on any atom is 0.303 e. The molecule has 0 saturated carbocycles. The second kappa shape index (κ2) is 11.7.